The van der Waals surface area contributed by atoms with Crippen LogP contribution in [0.5, 0.6) is 0 Å². The molecule has 1 heterocycles. The van der Waals surface area contributed by atoms with Gasteiger partial charge in [-0.2, -0.15) is 0 Å². The molecule has 1 fully saturated rings. The number of benzene rings is 1. The van der Waals surface area contributed by atoms with Gasteiger partial charge in [0.05, 0.1) is 71.6 Å². The fourth-order valence-corrected chi connectivity index (χ4v) is 7.08. The monoisotopic (exact) mass is 919 g/mol. The van der Waals surface area contributed by atoms with Gasteiger partial charge in [0.25, 0.3) is 0 Å². The summed E-state index contributed by atoms with van der Waals surface area (Å²) in [4.78, 5) is 13.2. The Balaban J connectivity index is 1.83. The summed E-state index contributed by atoms with van der Waals surface area (Å²) in [5.74, 6) is -0.323. The van der Waals surface area contributed by atoms with Gasteiger partial charge in [0, 0.05) is 13.0 Å². The zero-order valence-corrected chi connectivity index (χ0v) is 39.4. The van der Waals surface area contributed by atoms with Gasteiger partial charge in [0.2, 0.25) is 5.91 Å². The quantitative estimate of drug-likeness (QED) is 0.0308. The number of aryl methyl sites for hydroxylation is 1. The Hall–Kier alpha value is -2.83. The lowest BCUT2D eigenvalue weighted by molar-refractivity contribution is -0.305. The lowest BCUT2D eigenvalue weighted by atomic mass is 9.98. The molecular weight excluding hydrogens is 833 g/mol. The first kappa shape index (κ1) is 58.3. The highest BCUT2D eigenvalue weighted by atomic mass is 16.7. The van der Waals surface area contributed by atoms with E-state index in [4.69, 9.17) is 34.2 Å². The molecule has 0 spiro atoms. The van der Waals surface area contributed by atoms with Gasteiger partial charge in [-0.25, -0.2) is 0 Å². The van der Waals surface area contributed by atoms with Crippen LogP contribution in [0.3, 0.4) is 0 Å². The number of ether oxygens (including phenoxy) is 6. The summed E-state index contributed by atoms with van der Waals surface area (Å²) in [6.07, 6.45) is 22.7. The highest BCUT2D eigenvalue weighted by molar-refractivity contribution is 5.76. The van der Waals surface area contributed by atoms with E-state index < -0.39 is 49.0 Å². The first-order valence-corrected chi connectivity index (χ1v) is 24.4. The molecule has 0 radical (unpaired) electrons. The van der Waals surface area contributed by atoms with Crippen molar-refractivity contribution in [1.29, 1.82) is 0 Å². The zero-order chi connectivity index (χ0) is 47.0. The second-order valence-corrected chi connectivity index (χ2v) is 16.6. The van der Waals surface area contributed by atoms with E-state index in [2.05, 4.69) is 66.9 Å². The van der Waals surface area contributed by atoms with Gasteiger partial charge in [0.15, 0.2) is 6.29 Å². The third-order valence-electron chi connectivity index (χ3n) is 11.0. The Bertz CT molecular complexity index is 1380. The van der Waals surface area contributed by atoms with E-state index in [-0.39, 0.29) is 38.8 Å². The lowest BCUT2D eigenvalue weighted by Crippen LogP contribution is -2.60. The Morgan fingerprint density at radius 1 is 0.692 bits per heavy atom. The molecule has 0 saturated carbocycles. The van der Waals surface area contributed by atoms with Crippen LogP contribution < -0.4 is 11.1 Å². The predicted molar refractivity (Wildman–Crippen MR) is 255 cm³/mol. The van der Waals surface area contributed by atoms with Gasteiger partial charge in [-0.1, -0.05) is 124 Å². The van der Waals surface area contributed by atoms with Crippen LogP contribution in [0.2, 0.25) is 0 Å². The average molecular weight is 919 g/mol. The third kappa shape index (κ3) is 29.5. The third-order valence-corrected chi connectivity index (χ3v) is 11.0. The highest BCUT2D eigenvalue weighted by Gasteiger charge is 2.45. The van der Waals surface area contributed by atoms with Crippen molar-refractivity contribution in [2.45, 2.75) is 165 Å². The van der Waals surface area contributed by atoms with Crippen molar-refractivity contribution >= 4 is 5.91 Å². The summed E-state index contributed by atoms with van der Waals surface area (Å²) in [5.41, 5.74) is 6.70. The van der Waals surface area contributed by atoms with Crippen LogP contribution in [0.4, 0.5) is 0 Å². The molecule has 2 rings (SSSR count). The predicted octanol–water partition coefficient (Wildman–Crippen LogP) is 5.77. The molecule has 8 N–H and O–H groups in total. The molecule has 1 aliphatic heterocycles. The average Bonchev–Trinajstić information content (AvgIpc) is 3.31. The normalized spacial score (nSPS) is 20.7. The Morgan fingerprint density at radius 3 is 1.89 bits per heavy atom. The first-order valence-electron chi connectivity index (χ1n) is 24.4. The number of hydrogen-bond acceptors (Lipinski definition) is 13. The number of carbonyl (C=O) groups is 1. The van der Waals surface area contributed by atoms with E-state index in [9.17, 15) is 30.3 Å². The van der Waals surface area contributed by atoms with E-state index in [0.717, 1.165) is 57.8 Å². The van der Waals surface area contributed by atoms with Crippen LogP contribution in [-0.2, 0) is 39.6 Å². The minimum absolute atomic E-state index is 0.129. The van der Waals surface area contributed by atoms with E-state index in [1.807, 2.05) is 24.3 Å². The molecule has 65 heavy (non-hydrogen) atoms. The number of allylic oxidation sites excluding steroid dienone is 8. The van der Waals surface area contributed by atoms with Gasteiger partial charge in [-0.3, -0.25) is 4.79 Å². The summed E-state index contributed by atoms with van der Waals surface area (Å²) >= 11 is 0. The van der Waals surface area contributed by atoms with Crippen molar-refractivity contribution in [3.05, 3.63) is 84.5 Å². The standard InChI is InChI=1S/C51H86N2O12/c1-2-3-4-5-6-7-8-9-10-11-12-13-14-15-16-20-26-31-46(55)53-43(47(56)44(54)30-25-19-17-18-22-27-42-28-23-21-24-29-42)40-64-51-50(59)49(58)48(57)45(65-51)41-63-39-38-62-37-36-61-35-34-60-33-32-52/h6-7,9-10,12-13,15-16,21,23-24,28-29,43-45,47-51,54,56-59H,2-5,8,11,14,17-20,22,25-27,30-41,52H2,1H3,(H,53,55)/b7-6-,10-9-,13-12-,16-15-/t43-,44-,45?,47-,48-,49-,50?,51-/m0/s1. The van der Waals surface area contributed by atoms with E-state index in [0.29, 0.717) is 65.3 Å². The van der Waals surface area contributed by atoms with Crippen molar-refractivity contribution in [2.75, 3.05) is 66.0 Å². The molecule has 0 bridgehead atoms. The Labute approximate surface area is 390 Å². The van der Waals surface area contributed by atoms with Crippen LogP contribution in [0.1, 0.15) is 115 Å². The number of nitrogens with one attached hydrogen (secondary N) is 1. The van der Waals surface area contributed by atoms with Crippen LogP contribution in [0, 0.1) is 0 Å². The number of hydrogen-bond donors (Lipinski definition) is 7. The van der Waals surface area contributed by atoms with Crippen molar-refractivity contribution in [3.63, 3.8) is 0 Å². The van der Waals surface area contributed by atoms with Crippen LogP contribution >= 0.6 is 0 Å². The molecule has 8 atom stereocenters. The number of carbonyl (C=O) groups excluding carboxylic acids is 1. The number of rotatable bonds is 41. The van der Waals surface area contributed by atoms with Crippen molar-refractivity contribution in [3.8, 4) is 0 Å². The molecule has 2 unspecified atom stereocenters. The highest BCUT2D eigenvalue weighted by Crippen LogP contribution is 2.23. The van der Waals surface area contributed by atoms with Gasteiger partial charge in [-0.15, -0.1) is 0 Å². The first-order chi connectivity index (χ1) is 31.8. The fourth-order valence-electron chi connectivity index (χ4n) is 7.08. The SMILES string of the molecule is CCCCC/C=C\C/C=C\C/C=C\C/C=C\CCCC(=O)N[C@@H](CO[C@H]1OC(COCCOCCOCCOCCN)[C@H](O)[C@H](O)C1O)[C@H](O)[C@@H](O)CCCCCCCc1ccccc1. The van der Waals surface area contributed by atoms with E-state index >= 15 is 0 Å². The van der Waals surface area contributed by atoms with Crippen molar-refractivity contribution in [1.82, 2.24) is 5.32 Å². The second kappa shape index (κ2) is 40.3. The molecule has 14 heteroatoms. The van der Waals surface area contributed by atoms with Gasteiger partial charge in [0.1, 0.15) is 30.5 Å². The van der Waals surface area contributed by atoms with E-state index in [1.54, 1.807) is 0 Å². The van der Waals surface area contributed by atoms with Crippen molar-refractivity contribution in [2.24, 2.45) is 5.73 Å². The minimum Gasteiger partial charge on any atom is -0.390 e. The summed E-state index contributed by atoms with van der Waals surface area (Å²) in [6.45, 7) is 4.74. The molecule has 1 aromatic carbocycles. The molecule has 1 aliphatic rings. The molecule has 1 amide bonds. The van der Waals surface area contributed by atoms with Crippen LogP contribution in [0.15, 0.2) is 78.9 Å². The number of aliphatic hydroxyl groups excluding tert-OH is 5. The molecule has 0 aromatic heterocycles. The summed E-state index contributed by atoms with van der Waals surface area (Å²) in [6, 6.07) is 9.32. The zero-order valence-electron chi connectivity index (χ0n) is 39.4. The molecular formula is C51H86N2O12. The van der Waals surface area contributed by atoms with Crippen molar-refractivity contribution < 1.29 is 58.7 Å². The van der Waals surface area contributed by atoms with Gasteiger partial charge >= 0.3 is 0 Å². The minimum atomic E-state index is -1.63. The molecule has 1 saturated heterocycles. The maximum Gasteiger partial charge on any atom is 0.220 e. The summed E-state index contributed by atoms with van der Waals surface area (Å²) in [7, 11) is 0. The Kier molecular flexibility index (Phi) is 36.1. The smallest absolute Gasteiger partial charge is 0.220 e. The van der Waals surface area contributed by atoms with Gasteiger partial charge in [-0.05, 0) is 69.8 Å². The van der Waals surface area contributed by atoms with Gasteiger partial charge < -0.3 is 65.0 Å². The topological polar surface area (TPSA) is 212 Å². The molecule has 14 nitrogen and oxygen atoms in total. The second-order valence-electron chi connectivity index (χ2n) is 16.6. The number of unbranched alkanes of at least 4 members (excludes halogenated alkanes) is 8. The summed E-state index contributed by atoms with van der Waals surface area (Å²) in [5, 5.41) is 57.2. The van der Waals surface area contributed by atoms with Crippen LogP contribution in [0.25, 0.3) is 0 Å². The molecule has 1 aromatic rings. The lowest BCUT2D eigenvalue weighted by Gasteiger charge is -2.40. The maximum absolute atomic E-state index is 13.2. The van der Waals surface area contributed by atoms with Crippen LogP contribution in [-0.4, -0.2) is 146 Å². The summed E-state index contributed by atoms with van der Waals surface area (Å²) < 4.78 is 33.5. The maximum atomic E-state index is 13.2. The Morgan fingerprint density at radius 2 is 1.26 bits per heavy atom. The largest absolute Gasteiger partial charge is 0.390 e. The number of aliphatic hydroxyl groups is 5. The number of nitrogens with two attached hydrogens (primary N) is 1. The molecule has 0 aliphatic carbocycles. The molecule has 372 valence electrons. The fraction of sp³-hybridized carbons (Fsp3) is 0.706. The van der Waals surface area contributed by atoms with E-state index in [1.165, 1.54) is 24.8 Å². The number of amides is 1.